The van der Waals surface area contributed by atoms with E-state index in [1.807, 2.05) is 30.3 Å². The molecular weight excluding hydrogens is 534 g/mol. The van der Waals surface area contributed by atoms with Gasteiger partial charge in [-0.1, -0.05) is 61.2 Å². The summed E-state index contributed by atoms with van der Waals surface area (Å²) in [5.74, 6) is -1.49. The van der Waals surface area contributed by atoms with Crippen LogP contribution < -0.4 is 4.90 Å². The van der Waals surface area contributed by atoms with Crippen LogP contribution in [-0.4, -0.2) is 53.8 Å². The first kappa shape index (κ1) is 25.8. The number of halogens is 1. The Hall–Kier alpha value is -2.79. The van der Waals surface area contributed by atoms with E-state index in [-0.39, 0.29) is 33.9 Å². The molecule has 1 saturated heterocycles. The second-order valence-corrected chi connectivity index (χ2v) is 12.7. The van der Waals surface area contributed by atoms with Crippen molar-refractivity contribution in [1.82, 2.24) is 9.29 Å². The normalized spacial score (nSPS) is 19.8. The average Bonchev–Trinajstić information content (AvgIpc) is 3.35. The van der Waals surface area contributed by atoms with Crippen molar-refractivity contribution in [3.8, 4) is 10.4 Å². The molecule has 1 saturated carbocycles. The summed E-state index contributed by atoms with van der Waals surface area (Å²) in [4.78, 5) is 32.2. The molecule has 2 aromatic heterocycles. The molecule has 1 aliphatic carbocycles. The van der Waals surface area contributed by atoms with E-state index in [0.717, 1.165) is 53.9 Å². The topological polar surface area (TPSA) is 108 Å². The van der Waals surface area contributed by atoms with Gasteiger partial charge in [-0.05, 0) is 42.5 Å². The Kier molecular flexibility index (Phi) is 7.35. The molecule has 1 N–H and O–H groups in total. The number of thiophene rings is 1. The Balaban J connectivity index is 1.56. The van der Waals surface area contributed by atoms with Gasteiger partial charge in [0.1, 0.15) is 14.9 Å². The summed E-state index contributed by atoms with van der Waals surface area (Å²) in [6, 6.07) is 13.5. The number of rotatable bonds is 6. The van der Waals surface area contributed by atoms with Crippen molar-refractivity contribution in [3.63, 3.8) is 0 Å². The van der Waals surface area contributed by atoms with Gasteiger partial charge in [-0.25, -0.2) is 18.2 Å². The van der Waals surface area contributed by atoms with E-state index in [1.165, 1.54) is 22.6 Å². The zero-order valence-electron chi connectivity index (χ0n) is 19.9. The first-order valence-electron chi connectivity index (χ1n) is 12.1. The molecular formula is C26H26ClN3O5S2. The highest BCUT2D eigenvalue weighted by molar-refractivity contribution is 7.89. The molecule has 1 amide bonds. The maximum Gasteiger partial charge on any atom is 0.348 e. The summed E-state index contributed by atoms with van der Waals surface area (Å²) < 4.78 is 28.1. The van der Waals surface area contributed by atoms with Crippen molar-refractivity contribution in [2.45, 2.75) is 43.0 Å². The lowest BCUT2D eigenvalue weighted by Gasteiger charge is -2.44. The van der Waals surface area contributed by atoms with E-state index in [9.17, 15) is 23.1 Å². The number of piperazine rings is 1. The lowest BCUT2D eigenvalue weighted by atomic mass is 9.82. The Morgan fingerprint density at radius 1 is 1.08 bits per heavy atom. The van der Waals surface area contributed by atoms with Crippen LogP contribution in [0.4, 0.5) is 5.69 Å². The van der Waals surface area contributed by atoms with Gasteiger partial charge in [0.05, 0.1) is 18.3 Å². The fourth-order valence-corrected chi connectivity index (χ4v) is 7.72. The molecule has 3 aromatic rings. The van der Waals surface area contributed by atoms with Crippen LogP contribution in [0.1, 0.15) is 41.8 Å². The van der Waals surface area contributed by atoms with Crippen LogP contribution in [0.3, 0.4) is 0 Å². The zero-order valence-corrected chi connectivity index (χ0v) is 22.3. The van der Waals surface area contributed by atoms with E-state index < -0.39 is 27.9 Å². The standard InChI is InChI=1S/C26H26ClN3O5S2/c27-23-12-11-19(14-28-23)37(34,35)29-15-21(17-7-3-1-4-8-17)30(24(31)16-29)20-13-22(36-25(20)26(32)33)18-9-5-2-6-10-18/h2,5-6,9-14,17,21H,1,3-4,7-8,15-16H2,(H,32,33). The number of anilines is 1. The van der Waals surface area contributed by atoms with Gasteiger partial charge in [0.25, 0.3) is 0 Å². The van der Waals surface area contributed by atoms with Crippen molar-refractivity contribution in [2.24, 2.45) is 5.92 Å². The van der Waals surface area contributed by atoms with Crippen LogP contribution in [0.5, 0.6) is 0 Å². The summed E-state index contributed by atoms with van der Waals surface area (Å²) in [5, 5.41) is 10.2. The third-order valence-electron chi connectivity index (χ3n) is 7.06. The van der Waals surface area contributed by atoms with E-state index in [0.29, 0.717) is 5.69 Å². The number of aromatic carboxylic acids is 1. The Morgan fingerprint density at radius 3 is 2.46 bits per heavy atom. The van der Waals surface area contributed by atoms with Crippen molar-refractivity contribution in [3.05, 3.63) is 64.8 Å². The maximum atomic E-state index is 13.7. The van der Waals surface area contributed by atoms with Gasteiger partial charge in [0.2, 0.25) is 15.9 Å². The maximum absolute atomic E-state index is 13.7. The van der Waals surface area contributed by atoms with Crippen molar-refractivity contribution in [1.29, 1.82) is 0 Å². The summed E-state index contributed by atoms with van der Waals surface area (Å²) in [6.45, 7) is -0.305. The van der Waals surface area contributed by atoms with Crippen LogP contribution in [0.15, 0.2) is 59.6 Å². The summed E-state index contributed by atoms with van der Waals surface area (Å²) in [5.41, 5.74) is 1.20. The van der Waals surface area contributed by atoms with E-state index in [2.05, 4.69) is 4.98 Å². The van der Waals surface area contributed by atoms with Gasteiger partial charge in [0, 0.05) is 17.6 Å². The van der Waals surface area contributed by atoms with Gasteiger partial charge < -0.3 is 10.0 Å². The predicted molar refractivity (Wildman–Crippen MR) is 143 cm³/mol. The molecule has 1 aliphatic heterocycles. The molecule has 2 fully saturated rings. The third-order valence-corrected chi connectivity index (χ3v) is 10.2. The minimum absolute atomic E-state index is 0.0336. The molecule has 1 unspecified atom stereocenters. The molecule has 194 valence electrons. The molecule has 2 aliphatic rings. The minimum Gasteiger partial charge on any atom is -0.477 e. The van der Waals surface area contributed by atoms with Crippen LogP contribution in [0, 0.1) is 5.92 Å². The van der Waals surface area contributed by atoms with E-state index >= 15 is 0 Å². The highest BCUT2D eigenvalue weighted by atomic mass is 35.5. The molecule has 1 atom stereocenters. The number of amides is 1. The van der Waals surface area contributed by atoms with Crippen LogP contribution in [0.2, 0.25) is 5.15 Å². The molecule has 1 aromatic carbocycles. The molecule has 0 spiro atoms. The second-order valence-electron chi connectivity index (χ2n) is 9.34. The number of carboxylic acid groups (broad SMARTS) is 1. The summed E-state index contributed by atoms with van der Waals surface area (Å²) in [7, 11) is -4.00. The highest BCUT2D eigenvalue weighted by Crippen LogP contribution is 2.42. The number of hydrogen-bond donors (Lipinski definition) is 1. The number of carbonyl (C=O) groups excluding carboxylic acids is 1. The Bertz CT molecular complexity index is 1400. The average molecular weight is 560 g/mol. The van der Waals surface area contributed by atoms with Gasteiger partial charge in [-0.3, -0.25) is 4.79 Å². The molecule has 0 bridgehead atoms. The monoisotopic (exact) mass is 559 g/mol. The lowest BCUT2D eigenvalue weighted by molar-refractivity contribution is -0.121. The SMILES string of the molecule is O=C(O)c1sc(-c2ccccc2)cc1N1C(=O)CN(S(=O)(=O)c2ccc(Cl)nc2)CC1C1CCCCC1. The van der Waals surface area contributed by atoms with Gasteiger partial charge in [-0.2, -0.15) is 4.31 Å². The number of sulfonamides is 1. The largest absolute Gasteiger partial charge is 0.477 e. The quantitative estimate of drug-likeness (QED) is 0.419. The van der Waals surface area contributed by atoms with Crippen LogP contribution in [-0.2, 0) is 14.8 Å². The Morgan fingerprint density at radius 2 is 1.81 bits per heavy atom. The second kappa shape index (κ2) is 10.5. The molecule has 37 heavy (non-hydrogen) atoms. The number of pyridine rings is 1. The van der Waals surface area contributed by atoms with Crippen molar-refractivity contribution >= 4 is 50.5 Å². The van der Waals surface area contributed by atoms with E-state index in [1.54, 1.807) is 11.0 Å². The number of benzene rings is 1. The summed E-state index contributed by atoms with van der Waals surface area (Å²) >= 11 is 6.97. The summed E-state index contributed by atoms with van der Waals surface area (Å²) in [6.07, 6.45) is 5.96. The third kappa shape index (κ3) is 5.16. The van der Waals surface area contributed by atoms with Gasteiger partial charge in [0.15, 0.2) is 0 Å². The first-order valence-corrected chi connectivity index (χ1v) is 14.8. The predicted octanol–water partition coefficient (Wildman–Crippen LogP) is 5.15. The van der Waals surface area contributed by atoms with Crippen LogP contribution >= 0.6 is 22.9 Å². The number of carbonyl (C=O) groups is 2. The molecule has 3 heterocycles. The smallest absolute Gasteiger partial charge is 0.348 e. The molecule has 5 rings (SSSR count). The molecule has 0 radical (unpaired) electrons. The molecule has 11 heteroatoms. The van der Waals surface area contributed by atoms with Crippen LogP contribution in [0.25, 0.3) is 10.4 Å². The van der Waals surface area contributed by atoms with E-state index in [4.69, 9.17) is 11.6 Å². The number of aromatic nitrogens is 1. The fourth-order valence-electron chi connectivity index (χ4n) is 5.26. The zero-order chi connectivity index (χ0) is 26.2. The fraction of sp³-hybridized carbons (Fsp3) is 0.346. The van der Waals surface area contributed by atoms with Gasteiger partial charge >= 0.3 is 5.97 Å². The Labute approximate surface area is 224 Å². The minimum atomic E-state index is -4.00. The number of carboxylic acids is 1. The van der Waals surface area contributed by atoms with Crippen molar-refractivity contribution < 1.29 is 23.1 Å². The van der Waals surface area contributed by atoms with Crippen molar-refractivity contribution in [2.75, 3.05) is 18.0 Å². The first-order chi connectivity index (χ1) is 17.8. The molecule has 8 nitrogen and oxygen atoms in total. The number of hydrogen-bond acceptors (Lipinski definition) is 6. The lowest BCUT2D eigenvalue weighted by Crippen LogP contribution is -2.60. The number of nitrogens with zero attached hydrogens (tertiary/aromatic N) is 3. The van der Waals surface area contributed by atoms with Gasteiger partial charge in [-0.15, -0.1) is 11.3 Å². The highest BCUT2D eigenvalue weighted by Gasteiger charge is 2.44.